The second kappa shape index (κ2) is 13.0. The van der Waals surface area contributed by atoms with Gasteiger partial charge in [0.05, 0.1) is 11.8 Å². The maximum atomic E-state index is 13.7. The lowest BCUT2D eigenvalue weighted by molar-refractivity contribution is -0.250. The topological polar surface area (TPSA) is 92.7 Å². The van der Waals surface area contributed by atoms with Gasteiger partial charge in [0, 0.05) is 18.4 Å². The third-order valence-electron chi connectivity index (χ3n) is 16.5. The Balaban J connectivity index is 1.22. The zero-order valence-corrected chi connectivity index (χ0v) is 32.6. The summed E-state index contributed by atoms with van der Waals surface area (Å²) in [5, 5.41) is 12.8. The van der Waals surface area contributed by atoms with Gasteiger partial charge in [-0.2, -0.15) is 0 Å². The number of carboxylic acids is 1. The van der Waals surface area contributed by atoms with Gasteiger partial charge in [0.15, 0.2) is 0 Å². The van der Waals surface area contributed by atoms with Crippen LogP contribution in [0.1, 0.15) is 138 Å². The van der Waals surface area contributed by atoms with Gasteiger partial charge in [-0.3, -0.25) is 14.4 Å². The van der Waals surface area contributed by atoms with Crippen molar-refractivity contribution in [2.24, 2.45) is 62.1 Å². The second-order valence-corrected chi connectivity index (χ2v) is 19.8. The number of carbonyl (C=O) groups is 3. The molecule has 1 amide bonds. The predicted octanol–water partition coefficient (Wildman–Crippen LogP) is 9.90. The third kappa shape index (κ3) is 6.18. The van der Waals surface area contributed by atoms with Crippen molar-refractivity contribution in [2.45, 2.75) is 145 Å². The van der Waals surface area contributed by atoms with Crippen molar-refractivity contribution in [3.63, 3.8) is 0 Å². The zero-order chi connectivity index (χ0) is 37.4. The highest BCUT2D eigenvalue weighted by molar-refractivity contribution is 5.81. The Morgan fingerprint density at radius 3 is 2.24 bits per heavy atom. The van der Waals surface area contributed by atoms with Gasteiger partial charge in [0.25, 0.3) is 0 Å². The highest BCUT2D eigenvalue weighted by atomic mass is 19.1. The van der Waals surface area contributed by atoms with Crippen LogP contribution in [-0.4, -0.2) is 29.1 Å². The molecule has 7 heteroatoms. The van der Waals surface area contributed by atoms with Gasteiger partial charge in [-0.1, -0.05) is 58.9 Å². The van der Waals surface area contributed by atoms with E-state index in [-0.39, 0.29) is 51.3 Å². The van der Waals surface area contributed by atoms with Crippen LogP contribution in [0.15, 0.2) is 36.4 Å². The van der Waals surface area contributed by atoms with Crippen LogP contribution in [0, 0.1) is 67.9 Å². The van der Waals surface area contributed by atoms with Gasteiger partial charge in [0.1, 0.15) is 11.9 Å². The number of rotatable bonds is 9. The van der Waals surface area contributed by atoms with E-state index in [0.717, 1.165) is 56.9 Å². The molecule has 5 saturated carbocycles. The first-order valence-corrected chi connectivity index (χ1v) is 19.8. The van der Waals surface area contributed by atoms with Crippen molar-refractivity contribution < 1.29 is 28.6 Å². The molecule has 0 aliphatic heterocycles. The number of aliphatic carboxylic acids is 1. The lowest BCUT2D eigenvalue weighted by Crippen LogP contribution is -2.67. The Hall–Kier alpha value is -2.70. The molecule has 0 unspecified atom stereocenters. The fourth-order valence-corrected chi connectivity index (χ4v) is 13.6. The van der Waals surface area contributed by atoms with E-state index in [2.05, 4.69) is 53.4 Å². The standard InChI is InChI=1S/C44H64FNO5/c1-27(2)30-16-21-44(24-35(47)46-26-28-10-12-29(45)13-11-28)23-22-42(8)31(37(30)44)14-15-33-41(7)19-18-34(51-36(48)25-39(3,4)38(49)50)40(5,6)32(41)17-20-43(33,42)9/h10-13,30-34,37H,1,14-26H2,2-9H3,(H,46,47)(H,49,50)/t30-,31+,32-,33+,34-,37+,41-,42+,43+,44+/m0/s1. The number of hydrogen-bond acceptors (Lipinski definition) is 4. The molecule has 0 radical (unpaired) electrons. The summed E-state index contributed by atoms with van der Waals surface area (Å²) in [6.45, 7) is 22.7. The molecular formula is C44H64FNO5. The predicted molar refractivity (Wildman–Crippen MR) is 198 cm³/mol. The Morgan fingerprint density at radius 2 is 1.59 bits per heavy atom. The van der Waals surface area contributed by atoms with Crippen molar-refractivity contribution in [2.75, 3.05) is 0 Å². The van der Waals surface area contributed by atoms with Crippen LogP contribution in [0.5, 0.6) is 0 Å². The summed E-state index contributed by atoms with van der Waals surface area (Å²) in [6.07, 6.45) is 11.0. The summed E-state index contributed by atoms with van der Waals surface area (Å²) in [6, 6.07) is 6.38. The van der Waals surface area contributed by atoms with Crippen molar-refractivity contribution in [3.8, 4) is 0 Å². The van der Waals surface area contributed by atoms with Crippen LogP contribution >= 0.6 is 0 Å². The summed E-state index contributed by atoms with van der Waals surface area (Å²) >= 11 is 0. The van der Waals surface area contributed by atoms with Crippen molar-refractivity contribution in [1.29, 1.82) is 0 Å². The van der Waals surface area contributed by atoms with E-state index in [1.54, 1.807) is 26.0 Å². The van der Waals surface area contributed by atoms with E-state index in [9.17, 15) is 23.9 Å². The molecule has 0 heterocycles. The van der Waals surface area contributed by atoms with Gasteiger partial charge >= 0.3 is 11.9 Å². The quantitative estimate of drug-likeness (QED) is 0.197. The molecule has 10 atom stereocenters. The minimum Gasteiger partial charge on any atom is -0.481 e. The maximum absolute atomic E-state index is 13.7. The molecular weight excluding hydrogens is 641 g/mol. The van der Waals surface area contributed by atoms with Gasteiger partial charge in [0.2, 0.25) is 5.91 Å². The number of benzene rings is 1. The average molecular weight is 706 g/mol. The van der Waals surface area contributed by atoms with Crippen LogP contribution in [-0.2, 0) is 25.7 Å². The molecule has 2 N–H and O–H groups in total. The number of esters is 1. The van der Waals surface area contributed by atoms with E-state index in [0.29, 0.717) is 42.6 Å². The molecule has 0 aromatic heterocycles. The van der Waals surface area contributed by atoms with Crippen molar-refractivity contribution >= 4 is 17.8 Å². The molecule has 1 aromatic rings. The first-order chi connectivity index (χ1) is 23.7. The molecule has 0 saturated heterocycles. The van der Waals surface area contributed by atoms with Gasteiger partial charge in [-0.25, -0.2) is 4.39 Å². The monoisotopic (exact) mass is 705 g/mol. The number of ether oxygens (including phenoxy) is 1. The molecule has 5 aliphatic carbocycles. The minimum absolute atomic E-state index is 0.0237. The van der Waals surface area contributed by atoms with Crippen molar-refractivity contribution in [3.05, 3.63) is 47.8 Å². The van der Waals surface area contributed by atoms with Crippen LogP contribution < -0.4 is 5.32 Å². The number of allylic oxidation sites excluding steroid dienone is 1. The third-order valence-corrected chi connectivity index (χ3v) is 16.5. The number of halogens is 1. The molecule has 6 nitrogen and oxygen atoms in total. The van der Waals surface area contributed by atoms with E-state index in [4.69, 9.17) is 4.74 Å². The van der Waals surface area contributed by atoms with Crippen molar-refractivity contribution in [1.82, 2.24) is 5.32 Å². The van der Waals surface area contributed by atoms with E-state index < -0.39 is 17.4 Å². The molecule has 51 heavy (non-hydrogen) atoms. The first kappa shape index (κ1) is 38.0. The second-order valence-electron chi connectivity index (χ2n) is 19.8. The highest BCUT2D eigenvalue weighted by Gasteiger charge is 2.71. The summed E-state index contributed by atoms with van der Waals surface area (Å²) in [5.41, 5.74) is 1.21. The van der Waals surface area contributed by atoms with E-state index in [1.165, 1.54) is 30.5 Å². The first-order valence-electron chi connectivity index (χ1n) is 19.8. The summed E-state index contributed by atoms with van der Waals surface area (Å²) < 4.78 is 19.6. The molecule has 5 fully saturated rings. The largest absolute Gasteiger partial charge is 0.481 e. The number of hydrogen-bond donors (Lipinski definition) is 2. The fraction of sp³-hybridized carbons (Fsp3) is 0.750. The number of amides is 1. The SMILES string of the molecule is C=C(C)[C@@H]1CC[C@]2(CC(=O)NCc3ccc(F)cc3)CC[C@]3(C)[C@H](CC[C@@H]4[C@@]5(C)CC[C@H](OC(=O)CC(C)(C)C(=O)O)C(C)(C)[C@@H]5CC[C@]43C)[C@@H]12. The van der Waals surface area contributed by atoms with Crippen LogP contribution in [0.3, 0.4) is 0 Å². The number of nitrogens with one attached hydrogen (secondary N) is 1. The number of carboxylic acid groups (broad SMARTS) is 1. The normalized spacial score (nSPS) is 39.8. The molecule has 282 valence electrons. The maximum Gasteiger partial charge on any atom is 0.309 e. The van der Waals surface area contributed by atoms with Gasteiger partial charge in [-0.15, -0.1) is 0 Å². The minimum atomic E-state index is -1.15. The number of carbonyl (C=O) groups excluding carboxylic acids is 2. The lowest BCUT2D eigenvalue weighted by atomic mass is 9.32. The van der Waals surface area contributed by atoms with Gasteiger partial charge < -0.3 is 15.2 Å². The molecule has 6 rings (SSSR count). The Morgan fingerprint density at radius 1 is 0.902 bits per heavy atom. The highest BCUT2D eigenvalue weighted by Crippen LogP contribution is 2.78. The van der Waals surface area contributed by atoms with E-state index in [1.807, 2.05) is 0 Å². The molecule has 1 aromatic carbocycles. The molecule has 0 bridgehead atoms. The molecule has 0 spiro atoms. The average Bonchev–Trinajstić information content (AvgIpc) is 3.42. The van der Waals surface area contributed by atoms with Crippen LogP contribution in [0.25, 0.3) is 0 Å². The Labute approximate surface area is 306 Å². The summed E-state index contributed by atoms with van der Waals surface area (Å²) in [7, 11) is 0. The summed E-state index contributed by atoms with van der Waals surface area (Å²) in [4.78, 5) is 38.5. The van der Waals surface area contributed by atoms with Gasteiger partial charge in [-0.05, 0) is 154 Å². The van der Waals surface area contributed by atoms with Crippen LogP contribution in [0.2, 0.25) is 0 Å². The molecule has 5 aliphatic rings. The Bertz CT molecular complexity index is 1550. The Kier molecular flexibility index (Phi) is 9.70. The van der Waals surface area contributed by atoms with E-state index >= 15 is 0 Å². The summed E-state index contributed by atoms with van der Waals surface area (Å²) in [5.74, 6) is 0.818. The fourth-order valence-electron chi connectivity index (χ4n) is 13.6. The number of fused-ring (bicyclic) bond motifs is 7. The zero-order valence-electron chi connectivity index (χ0n) is 32.6. The smallest absolute Gasteiger partial charge is 0.309 e. The van der Waals surface area contributed by atoms with Crippen LogP contribution in [0.4, 0.5) is 4.39 Å². The lowest BCUT2D eigenvalue weighted by Gasteiger charge is -2.73.